The van der Waals surface area contributed by atoms with Crippen molar-refractivity contribution < 1.29 is 19.1 Å². The molecule has 0 bridgehead atoms. The van der Waals surface area contributed by atoms with Crippen LogP contribution in [0.3, 0.4) is 0 Å². The van der Waals surface area contributed by atoms with Gasteiger partial charge in [0.1, 0.15) is 0 Å². The van der Waals surface area contributed by atoms with E-state index in [4.69, 9.17) is 10.5 Å². The standard InChI is InChI=1S/C19H22N4O5/c1-22-19(27)14-7-3-2-6-13(14)15(21-22)9-17(25)28-11-16(24)23-8-4-5-12(10-23)18(20)26/h2-3,6-7,12H,4-5,8-11H2,1H3,(H2,20,26)/t12-/m0/s1. The fourth-order valence-corrected chi connectivity index (χ4v) is 3.36. The minimum absolute atomic E-state index is 0.161. The minimum atomic E-state index is -0.617. The number of nitrogens with two attached hydrogens (primary N) is 1. The van der Waals surface area contributed by atoms with Crippen molar-refractivity contribution >= 4 is 28.6 Å². The molecular weight excluding hydrogens is 364 g/mol. The third kappa shape index (κ3) is 4.19. The molecule has 9 nitrogen and oxygen atoms in total. The number of aromatic nitrogens is 2. The van der Waals surface area contributed by atoms with Crippen LogP contribution >= 0.6 is 0 Å². The Bertz CT molecular complexity index is 984. The largest absolute Gasteiger partial charge is 0.455 e. The molecule has 1 aromatic heterocycles. The molecule has 3 rings (SSSR count). The molecule has 2 N–H and O–H groups in total. The fourth-order valence-electron chi connectivity index (χ4n) is 3.36. The topological polar surface area (TPSA) is 125 Å². The van der Waals surface area contributed by atoms with Crippen LogP contribution in [0.4, 0.5) is 0 Å². The average Bonchev–Trinajstić information content (AvgIpc) is 2.70. The first kappa shape index (κ1) is 19.5. The van der Waals surface area contributed by atoms with E-state index in [9.17, 15) is 19.2 Å². The second-order valence-corrected chi connectivity index (χ2v) is 6.84. The minimum Gasteiger partial charge on any atom is -0.455 e. The lowest BCUT2D eigenvalue weighted by atomic mass is 9.97. The Balaban J connectivity index is 1.63. The van der Waals surface area contributed by atoms with Gasteiger partial charge in [-0.05, 0) is 18.9 Å². The van der Waals surface area contributed by atoms with E-state index in [1.165, 1.54) is 16.6 Å². The van der Waals surface area contributed by atoms with Gasteiger partial charge in [0.15, 0.2) is 6.61 Å². The number of likely N-dealkylation sites (tertiary alicyclic amines) is 1. The number of hydrogen-bond donors (Lipinski definition) is 1. The summed E-state index contributed by atoms with van der Waals surface area (Å²) in [6, 6.07) is 6.88. The van der Waals surface area contributed by atoms with Gasteiger partial charge in [-0.25, -0.2) is 4.68 Å². The second-order valence-electron chi connectivity index (χ2n) is 6.84. The molecule has 2 amide bonds. The average molecular weight is 386 g/mol. The van der Waals surface area contributed by atoms with Crippen molar-refractivity contribution in [2.75, 3.05) is 19.7 Å². The van der Waals surface area contributed by atoms with Crippen molar-refractivity contribution in [3.8, 4) is 0 Å². The zero-order chi connectivity index (χ0) is 20.3. The van der Waals surface area contributed by atoms with E-state index in [0.717, 1.165) is 0 Å². The zero-order valence-corrected chi connectivity index (χ0v) is 15.6. The molecule has 1 aliphatic heterocycles. The number of aryl methyl sites for hydroxylation is 1. The molecule has 0 spiro atoms. The van der Waals surface area contributed by atoms with Gasteiger partial charge >= 0.3 is 5.97 Å². The van der Waals surface area contributed by atoms with Crippen molar-refractivity contribution in [2.24, 2.45) is 18.7 Å². The molecule has 1 atom stereocenters. The molecule has 1 fully saturated rings. The van der Waals surface area contributed by atoms with Gasteiger partial charge in [-0.1, -0.05) is 18.2 Å². The third-order valence-corrected chi connectivity index (χ3v) is 4.88. The summed E-state index contributed by atoms with van der Waals surface area (Å²) in [6.07, 6.45) is 1.18. The Hall–Kier alpha value is -3.23. The number of carbonyl (C=O) groups excluding carboxylic acids is 3. The van der Waals surface area contributed by atoms with Gasteiger partial charge in [-0.3, -0.25) is 19.2 Å². The summed E-state index contributed by atoms with van der Waals surface area (Å²) in [5.74, 6) is -1.78. The van der Waals surface area contributed by atoms with Crippen LogP contribution in [0.15, 0.2) is 29.1 Å². The first-order chi connectivity index (χ1) is 13.4. The lowest BCUT2D eigenvalue weighted by Crippen LogP contribution is -2.45. The number of hydrogen-bond acceptors (Lipinski definition) is 6. The Kier molecular flexibility index (Phi) is 5.72. The van der Waals surface area contributed by atoms with Crippen LogP contribution in [0.2, 0.25) is 0 Å². The van der Waals surface area contributed by atoms with Crippen LogP contribution in [-0.4, -0.2) is 52.2 Å². The van der Waals surface area contributed by atoms with Gasteiger partial charge in [0.2, 0.25) is 5.91 Å². The third-order valence-electron chi connectivity index (χ3n) is 4.88. The van der Waals surface area contributed by atoms with E-state index in [0.29, 0.717) is 35.9 Å². The highest BCUT2D eigenvalue weighted by molar-refractivity contribution is 5.88. The Morgan fingerprint density at radius 1 is 1.25 bits per heavy atom. The SMILES string of the molecule is Cn1nc(CC(=O)OCC(=O)N2CCC[C@H](C(N)=O)C2)c2ccccc2c1=O. The number of esters is 1. The maximum absolute atomic E-state index is 12.3. The van der Waals surface area contributed by atoms with Crippen molar-refractivity contribution in [2.45, 2.75) is 19.3 Å². The number of rotatable bonds is 5. The molecule has 0 aliphatic carbocycles. The van der Waals surface area contributed by atoms with Crippen LogP contribution in [0, 0.1) is 5.92 Å². The lowest BCUT2D eigenvalue weighted by Gasteiger charge is -2.31. The summed E-state index contributed by atoms with van der Waals surface area (Å²) < 4.78 is 6.28. The predicted octanol–water partition coefficient (Wildman–Crippen LogP) is -0.257. The Labute approximate surface area is 161 Å². The van der Waals surface area contributed by atoms with Gasteiger partial charge in [-0.2, -0.15) is 5.10 Å². The second kappa shape index (κ2) is 8.20. The molecule has 1 aromatic carbocycles. The quantitative estimate of drug-likeness (QED) is 0.706. The highest BCUT2D eigenvalue weighted by atomic mass is 16.5. The maximum Gasteiger partial charge on any atom is 0.312 e. The number of piperidine rings is 1. The summed E-state index contributed by atoms with van der Waals surface area (Å²) in [6.45, 7) is 0.347. The van der Waals surface area contributed by atoms with Crippen molar-refractivity contribution in [3.63, 3.8) is 0 Å². The number of benzene rings is 1. The number of ether oxygens (including phenoxy) is 1. The number of nitrogens with zero attached hydrogens (tertiary/aromatic N) is 3. The van der Waals surface area contributed by atoms with Crippen LogP contribution < -0.4 is 11.3 Å². The van der Waals surface area contributed by atoms with E-state index >= 15 is 0 Å². The maximum atomic E-state index is 12.3. The van der Waals surface area contributed by atoms with Crippen LogP contribution in [0.1, 0.15) is 18.5 Å². The molecular formula is C19H22N4O5. The van der Waals surface area contributed by atoms with E-state index in [1.807, 2.05) is 0 Å². The first-order valence-electron chi connectivity index (χ1n) is 9.04. The lowest BCUT2D eigenvalue weighted by molar-refractivity contribution is -0.152. The molecule has 1 aliphatic rings. The normalized spacial score (nSPS) is 16.8. The molecule has 148 valence electrons. The number of amides is 2. The molecule has 1 saturated heterocycles. The molecule has 0 radical (unpaired) electrons. The zero-order valence-electron chi connectivity index (χ0n) is 15.6. The van der Waals surface area contributed by atoms with Gasteiger partial charge in [-0.15, -0.1) is 0 Å². The highest BCUT2D eigenvalue weighted by Gasteiger charge is 2.27. The monoisotopic (exact) mass is 386 g/mol. The summed E-state index contributed by atoms with van der Waals surface area (Å²) in [7, 11) is 1.51. The van der Waals surface area contributed by atoms with Crippen LogP contribution in [0.25, 0.3) is 10.8 Å². The molecule has 28 heavy (non-hydrogen) atoms. The Morgan fingerprint density at radius 2 is 1.96 bits per heavy atom. The predicted molar refractivity (Wildman–Crippen MR) is 100 cm³/mol. The van der Waals surface area contributed by atoms with E-state index < -0.39 is 18.5 Å². The van der Waals surface area contributed by atoms with Gasteiger partial charge in [0, 0.05) is 25.5 Å². The smallest absolute Gasteiger partial charge is 0.312 e. The van der Waals surface area contributed by atoms with Gasteiger partial charge in [0.25, 0.3) is 11.5 Å². The molecule has 9 heteroatoms. The summed E-state index contributed by atoms with van der Waals surface area (Å²) in [5, 5.41) is 5.18. The molecule has 2 aromatic rings. The molecule has 0 unspecified atom stereocenters. The number of primary amides is 1. The fraction of sp³-hybridized carbons (Fsp3) is 0.421. The van der Waals surface area contributed by atoms with Gasteiger partial charge in [0.05, 0.1) is 23.4 Å². The molecule has 2 heterocycles. The van der Waals surface area contributed by atoms with Crippen LogP contribution in [0.5, 0.6) is 0 Å². The summed E-state index contributed by atoms with van der Waals surface area (Å²) in [4.78, 5) is 49.4. The van der Waals surface area contributed by atoms with Crippen molar-refractivity contribution in [1.29, 1.82) is 0 Å². The molecule has 0 saturated carbocycles. The Morgan fingerprint density at radius 3 is 2.68 bits per heavy atom. The number of carbonyl (C=O) groups is 3. The first-order valence-corrected chi connectivity index (χ1v) is 9.04. The van der Waals surface area contributed by atoms with Crippen molar-refractivity contribution in [3.05, 3.63) is 40.3 Å². The van der Waals surface area contributed by atoms with Crippen LogP contribution in [-0.2, 0) is 32.6 Å². The highest BCUT2D eigenvalue weighted by Crippen LogP contribution is 2.17. The summed E-state index contributed by atoms with van der Waals surface area (Å²) >= 11 is 0. The van der Waals surface area contributed by atoms with E-state index in [1.54, 1.807) is 24.3 Å². The number of fused-ring (bicyclic) bond motifs is 1. The van der Waals surface area contributed by atoms with E-state index in [-0.39, 0.29) is 30.3 Å². The van der Waals surface area contributed by atoms with Crippen molar-refractivity contribution in [1.82, 2.24) is 14.7 Å². The van der Waals surface area contributed by atoms with E-state index in [2.05, 4.69) is 5.10 Å². The summed E-state index contributed by atoms with van der Waals surface area (Å²) in [5.41, 5.74) is 5.46. The van der Waals surface area contributed by atoms with Gasteiger partial charge < -0.3 is 15.4 Å².